The Kier molecular flexibility index (Phi) is 2.88. The first-order chi connectivity index (χ1) is 7.58. The molecule has 16 heavy (non-hydrogen) atoms. The third-order valence-electron chi connectivity index (χ3n) is 2.53. The van der Waals surface area contributed by atoms with Gasteiger partial charge < -0.3 is 0 Å². The number of amides is 1. The molecule has 0 radical (unpaired) electrons. The van der Waals surface area contributed by atoms with Gasteiger partial charge in [-0.25, -0.2) is 5.01 Å². The van der Waals surface area contributed by atoms with Gasteiger partial charge in [-0.2, -0.15) is 0 Å². The minimum atomic E-state index is 0.0219. The van der Waals surface area contributed by atoms with Crippen LogP contribution >= 0.6 is 11.6 Å². The van der Waals surface area contributed by atoms with E-state index in [1.165, 1.54) is 0 Å². The zero-order valence-corrected chi connectivity index (χ0v) is 9.87. The second-order valence-corrected chi connectivity index (χ2v) is 4.30. The Balaban J connectivity index is 2.28. The summed E-state index contributed by atoms with van der Waals surface area (Å²) >= 11 is 5.83. The van der Waals surface area contributed by atoms with Crippen molar-refractivity contribution < 1.29 is 4.79 Å². The summed E-state index contributed by atoms with van der Waals surface area (Å²) in [6.45, 7) is 6.75. The van der Waals surface area contributed by atoms with Crippen molar-refractivity contribution in [3.8, 4) is 0 Å². The first-order valence-electron chi connectivity index (χ1n) is 5.05. The number of carbonyl (C=O) groups is 1. The molecule has 1 fully saturated rings. The predicted octanol–water partition coefficient (Wildman–Crippen LogP) is 2.48. The lowest BCUT2D eigenvalue weighted by Gasteiger charge is -2.28. The zero-order chi connectivity index (χ0) is 11.7. The molecule has 1 aliphatic heterocycles. The van der Waals surface area contributed by atoms with Crippen LogP contribution < -0.4 is 5.01 Å². The summed E-state index contributed by atoms with van der Waals surface area (Å²) in [6, 6.07) is 7.43. The Bertz CT molecular complexity index is 427. The molecule has 0 unspecified atom stereocenters. The Morgan fingerprint density at radius 2 is 1.94 bits per heavy atom. The number of hydrogen-bond acceptors (Lipinski definition) is 2. The Morgan fingerprint density at radius 3 is 2.50 bits per heavy atom. The summed E-state index contributed by atoms with van der Waals surface area (Å²) < 4.78 is 0. The summed E-state index contributed by atoms with van der Waals surface area (Å²) in [7, 11) is 0. The van der Waals surface area contributed by atoms with Gasteiger partial charge in [0.25, 0.3) is 0 Å². The van der Waals surface area contributed by atoms with E-state index >= 15 is 0 Å². The summed E-state index contributed by atoms with van der Waals surface area (Å²) in [5.41, 5.74) is 1.99. The number of rotatable bonds is 1. The minimum Gasteiger partial charge on any atom is -0.279 e. The molecule has 1 aromatic carbocycles. The topological polar surface area (TPSA) is 23.6 Å². The van der Waals surface area contributed by atoms with E-state index in [4.69, 9.17) is 11.6 Å². The summed E-state index contributed by atoms with van der Waals surface area (Å²) in [5, 5.41) is 4.29. The normalized spacial score (nSPS) is 15.8. The minimum absolute atomic E-state index is 0.0219. The average Bonchev–Trinajstić information content (AvgIpc) is 2.61. The van der Waals surface area contributed by atoms with Crippen LogP contribution in [-0.2, 0) is 4.79 Å². The van der Waals surface area contributed by atoms with Gasteiger partial charge in [0.1, 0.15) is 0 Å². The van der Waals surface area contributed by atoms with Crippen molar-refractivity contribution in [2.75, 3.05) is 18.1 Å². The van der Waals surface area contributed by atoms with E-state index in [-0.39, 0.29) is 5.91 Å². The molecule has 0 atom stereocenters. The van der Waals surface area contributed by atoms with Crippen LogP contribution in [0.25, 0.3) is 0 Å². The van der Waals surface area contributed by atoms with Crippen molar-refractivity contribution in [3.05, 3.63) is 41.4 Å². The quantitative estimate of drug-likeness (QED) is 0.700. The van der Waals surface area contributed by atoms with Gasteiger partial charge in [0.05, 0.1) is 18.8 Å². The molecule has 0 N–H and O–H groups in total. The molecule has 2 rings (SSSR count). The van der Waals surface area contributed by atoms with Crippen LogP contribution in [0.3, 0.4) is 0 Å². The van der Waals surface area contributed by atoms with E-state index in [9.17, 15) is 4.79 Å². The molecule has 1 aromatic rings. The van der Waals surface area contributed by atoms with Crippen LogP contribution in [0, 0.1) is 0 Å². The maximum Gasteiger partial charge on any atom is 0.238 e. The molecule has 1 aliphatic rings. The Morgan fingerprint density at radius 1 is 1.31 bits per heavy atom. The molecule has 1 amide bonds. The van der Waals surface area contributed by atoms with Crippen molar-refractivity contribution in [3.63, 3.8) is 0 Å². The van der Waals surface area contributed by atoms with Crippen molar-refractivity contribution in [1.82, 2.24) is 5.01 Å². The van der Waals surface area contributed by atoms with Gasteiger partial charge in [-0.15, -0.1) is 0 Å². The molecule has 0 aromatic heterocycles. The number of benzene rings is 1. The zero-order valence-electron chi connectivity index (χ0n) is 9.11. The maximum absolute atomic E-state index is 11.5. The molecule has 0 spiro atoms. The van der Waals surface area contributed by atoms with Crippen LogP contribution in [0.15, 0.2) is 36.4 Å². The maximum atomic E-state index is 11.5. The van der Waals surface area contributed by atoms with Crippen LogP contribution in [0.4, 0.5) is 5.69 Å². The number of hydrazine groups is 1. The highest BCUT2D eigenvalue weighted by molar-refractivity contribution is 6.30. The number of anilines is 1. The largest absolute Gasteiger partial charge is 0.279 e. The third-order valence-corrected chi connectivity index (χ3v) is 2.78. The van der Waals surface area contributed by atoms with E-state index in [1.807, 2.05) is 29.3 Å². The SMILES string of the molecule is C=C1CN(C(C)=O)N(c2ccc(Cl)cc2)C1. The number of halogens is 1. The predicted molar refractivity (Wildman–Crippen MR) is 65.3 cm³/mol. The van der Waals surface area contributed by atoms with E-state index in [0.717, 1.165) is 11.3 Å². The van der Waals surface area contributed by atoms with Crippen molar-refractivity contribution in [2.45, 2.75) is 6.92 Å². The van der Waals surface area contributed by atoms with E-state index in [1.54, 1.807) is 11.9 Å². The molecule has 0 saturated carbocycles. The molecule has 0 bridgehead atoms. The molecule has 1 heterocycles. The van der Waals surface area contributed by atoms with Gasteiger partial charge in [0.15, 0.2) is 0 Å². The standard InChI is InChI=1S/C12H13ClN2O/c1-9-7-14(10(2)16)15(8-9)12-5-3-11(13)4-6-12/h3-6H,1,7-8H2,2H3. The van der Waals surface area contributed by atoms with Crippen molar-refractivity contribution in [1.29, 1.82) is 0 Å². The molecule has 4 heteroatoms. The van der Waals surface area contributed by atoms with Crippen molar-refractivity contribution >= 4 is 23.2 Å². The van der Waals surface area contributed by atoms with Gasteiger partial charge in [-0.05, 0) is 29.8 Å². The van der Waals surface area contributed by atoms with Gasteiger partial charge in [0, 0.05) is 11.9 Å². The van der Waals surface area contributed by atoms with E-state index in [0.29, 0.717) is 18.1 Å². The molecular formula is C12H13ClN2O. The van der Waals surface area contributed by atoms with E-state index in [2.05, 4.69) is 6.58 Å². The second kappa shape index (κ2) is 4.18. The molecule has 3 nitrogen and oxygen atoms in total. The number of hydrogen-bond donors (Lipinski definition) is 0. The fraction of sp³-hybridized carbons (Fsp3) is 0.250. The van der Waals surface area contributed by atoms with Gasteiger partial charge in [-0.3, -0.25) is 9.80 Å². The fourth-order valence-corrected chi connectivity index (χ4v) is 1.90. The first-order valence-corrected chi connectivity index (χ1v) is 5.43. The van der Waals surface area contributed by atoms with E-state index < -0.39 is 0 Å². The van der Waals surface area contributed by atoms with Crippen LogP contribution in [0.1, 0.15) is 6.92 Å². The number of nitrogens with zero attached hydrogens (tertiary/aromatic N) is 2. The fourth-order valence-electron chi connectivity index (χ4n) is 1.77. The average molecular weight is 237 g/mol. The molecule has 1 saturated heterocycles. The molecular weight excluding hydrogens is 224 g/mol. The summed E-state index contributed by atoms with van der Waals surface area (Å²) in [6.07, 6.45) is 0. The van der Waals surface area contributed by atoms with Gasteiger partial charge in [0.2, 0.25) is 5.91 Å². The first kappa shape index (κ1) is 11.0. The third kappa shape index (κ3) is 2.04. The number of carbonyl (C=O) groups excluding carboxylic acids is 1. The lowest BCUT2D eigenvalue weighted by atomic mass is 10.3. The lowest BCUT2D eigenvalue weighted by Crippen LogP contribution is -2.39. The van der Waals surface area contributed by atoms with Gasteiger partial charge in [-0.1, -0.05) is 18.2 Å². The van der Waals surface area contributed by atoms with Crippen LogP contribution in [0.5, 0.6) is 0 Å². The Hall–Kier alpha value is -1.48. The van der Waals surface area contributed by atoms with Crippen molar-refractivity contribution in [2.24, 2.45) is 0 Å². The molecule has 0 aliphatic carbocycles. The van der Waals surface area contributed by atoms with Crippen LogP contribution in [0.2, 0.25) is 5.02 Å². The van der Waals surface area contributed by atoms with Gasteiger partial charge >= 0.3 is 0 Å². The second-order valence-electron chi connectivity index (χ2n) is 3.86. The summed E-state index contributed by atoms with van der Waals surface area (Å²) in [5.74, 6) is 0.0219. The lowest BCUT2D eigenvalue weighted by molar-refractivity contribution is -0.128. The smallest absolute Gasteiger partial charge is 0.238 e. The van der Waals surface area contributed by atoms with Crippen LogP contribution in [-0.4, -0.2) is 24.0 Å². The monoisotopic (exact) mass is 236 g/mol. The summed E-state index contributed by atoms with van der Waals surface area (Å²) in [4.78, 5) is 11.5. The highest BCUT2D eigenvalue weighted by Crippen LogP contribution is 2.25. The highest BCUT2D eigenvalue weighted by atomic mass is 35.5. The highest BCUT2D eigenvalue weighted by Gasteiger charge is 2.26. The molecule has 84 valence electrons. The Labute approximate surface area is 99.9 Å².